The molecular formula is C7H11NO3S. The lowest BCUT2D eigenvalue weighted by atomic mass is 10.0. The van der Waals surface area contributed by atoms with Gasteiger partial charge in [-0.3, -0.25) is 0 Å². The molecule has 2 bridgehead atoms. The minimum absolute atomic E-state index is 0.0741. The predicted molar refractivity (Wildman–Crippen MR) is 41.8 cm³/mol. The number of sulfonamides is 1. The molecule has 3 fully saturated rings. The van der Waals surface area contributed by atoms with Crippen LogP contribution in [0, 0.1) is 11.8 Å². The smallest absolute Gasteiger partial charge is 0.214 e. The van der Waals surface area contributed by atoms with Gasteiger partial charge in [0, 0.05) is 0 Å². The first-order valence-corrected chi connectivity index (χ1v) is 5.85. The molecule has 3 aliphatic rings. The summed E-state index contributed by atoms with van der Waals surface area (Å²) in [5.41, 5.74) is 0. The van der Waals surface area contributed by atoms with Crippen molar-refractivity contribution in [1.29, 1.82) is 0 Å². The Labute approximate surface area is 71.1 Å². The third kappa shape index (κ3) is 0.765. The summed E-state index contributed by atoms with van der Waals surface area (Å²) < 4.78 is 27.7. The van der Waals surface area contributed by atoms with Gasteiger partial charge in [-0.15, -0.1) is 0 Å². The van der Waals surface area contributed by atoms with E-state index >= 15 is 0 Å². The molecule has 12 heavy (non-hydrogen) atoms. The van der Waals surface area contributed by atoms with Gasteiger partial charge in [0.1, 0.15) is 5.25 Å². The van der Waals surface area contributed by atoms with Crippen LogP contribution in [0.25, 0.3) is 0 Å². The van der Waals surface area contributed by atoms with E-state index in [1.807, 2.05) is 0 Å². The molecule has 5 atom stereocenters. The molecule has 0 amide bonds. The van der Waals surface area contributed by atoms with Crippen LogP contribution in [-0.2, 0) is 14.8 Å². The normalized spacial score (nSPS) is 55.6. The molecule has 0 spiro atoms. The lowest BCUT2D eigenvalue weighted by Gasteiger charge is -2.15. The van der Waals surface area contributed by atoms with Gasteiger partial charge < -0.3 is 4.74 Å². The van der Waals surface area contributed by atoms with Gasteiger partial charge in [-0.05, 0) is 24.7 Å². The standard InChI is InChI=1S/C7H11NO3S/c8-12(9,10)6-2-5-3-1-4(3)7(6)11-5/h3-7H,1-2H2,(H2,8,9,10)/t3-,4+,5+,6-,7-/m0/s1. The second-order valence-electron chi connectivity index (χ2n) is 4.07. The Hall–Kier alpha value is -0.130. The zero-order valence-electron chi connectivity index (χ0n) is 6.51. The van der Waals surface area contributed by atoms with E-state index in [9.17, 15) is 8.42 Å². The van der Waals surface area contributed by atoms with E-state index in [2.05, 4.69) is 0 Å². The van der Waals surface area contributed by atoms with Crippen molar-refractivity contribution in [3.05, 3.63) is 0 Å². The average Bonchev–Trinajstić information content (AvgIpc) is 2.55. The Morgan fingerprint density at radius 2 is 2.00 bits per heavy atom. The fourth-order valence-corrected chi connectivity index (χ4v) is 3.82. The predicted octanol–water partition coefficient (Wildman–Crippen LogP) is -0.549. The maximum Gasteiger partial charge on any atom is 0.214 e. The Bertz CT molecular complexity index is 326. The molecule has 4 nitrogen and oxygen atoms in total. The van der Waals surface area contributed by atoms with E-state index in [-0.39, 0.29) is 12.2 Å². The summed E-state index contributed by atoms with van der Waals surface area (Å²) in [6, 6.07) is 0. The number of ether oxygens (including phenoxy) is 1. The molecule has 0 aromatic rings. The van der Waals surface area contributed by atoms with E-state index in [1.165, 1.54) is 0 Å². The molecule has 5 heteroatoms. The molecule has 0 radical (unpaired) electrons. The van der Waals surface area contributed by atoms with Crippen molar-refractivity contribution >= 4 is 10.0 Å². The van der Waals surface area contributed by atoms with E-state index in [0.717, 1.165) is 6.42 Å². The highest BCUT2D eigenvalue weighted by Crippen LogP contribution is 2.59. The maximum atomic E-state index is 11.1. The average molecular weight is 189 g/mol. The summed E-state index contributed by atoms with van der Waals surface area (Å²) in [6.45, 7) is 0. The lowest BCUT2D eigenvalue weighted by molar-refractivity contribution is 0.0732. The molecule has 2 aliphatic heterocycles. The van der Waals surface area contributed by atoms with Crippen LogP contribution in [-0.4, -0.2) is 25.9 Å². The van der Waals surface area contributed by atoms with Gasteiger partial charge in [0.05, 0.1) is 12.2 Å². The van der Waals surface area contributed by atoms with E-state index in [0.29, 0.717) is 18.3 Å². The van der Waals surface area contributed by atoms with Crippen LogP contribution >= 0.6 is 0 Å². The zero-order valence-corrected chi connectivity index (χ0v) is 7.33. The topological polar surface area (TPSA) is 69.4 Å². The van der Waals surface area contributed by atoms with Crippen LogP contribution in [0.2, 0.25) is 0 Å². The Balaban J connectivity index is 1.94. The number of fused-ring (bicyclic) bond motifs is 5. The van der Waals surface area contributed by atoms with E-state index in [1.54, 1.807) is 0 Å². The molecule has 2 N–H and O–H groups in total. The number of primary sulfonamides is 1. The third-order valence-corrected chi connectivity index (χ3v) is 4.68. The lowest BCUT2D eigenvalue weighted by Crippen LogP contribution is -2.37. The van der Waals surface area contributed by atoms with Gasteiger partial charge in [-0.25, -0.2) is 13.6 Å². The van der Waals surface area contributed by atoms with Crippen molar-refractivity contribution in [2.75, 3.05) is 0 Å². The summed E-state index contributed by atoms with van der Waals surface area (Å²) >= 11 is 0. The minimum atomic E-state index is -3.36. The molecule has 68 valence electrons. The van der Waals surface area contributed by atoms with Crippen LogP contribution in [0.3, 0.4) is 0 Å². The fourth-order valence-electron chi connectivity index (χ4n) is 2.72. The molecule has 0 unspecified atom stereocenters. The van der Waals surface area contributed by atoms with Crippen LogP contribution in [0.1, 0.15) is 12.8 Å². The van der Waals surface area contributed by atoms with Gasteiger partial charge in [0.15, 0.2) is 0 Å². The second-order valence-corrected chi connectivity index (χ2v) is 5.85. The molecule has 3 rings (SSSR count). The summed E-state index contributed by atoms with van der Waals surface area (Å²) in [4.78, 5) is 0. The monoisotopic (exact) mass is 189 g/mol. The molecule has 2 saturated heterocycles. The Morgan fingerprint density at radius 3 is 2.50 bits per heavy atom. The van der Waals surface area contributed by atoms with Crippen molar-refractivity contribution in [2.24, 2.45) is 17.0 Å². The Morgan fingerprint density at radius 1 is 1.25 bits per heavy atom. The van der Waals surface area contributed by atoms with Gasteiger partial charge in [0.2, 0.25) is 10.0 Å². The highest BCUT2D eigenvalue weighted by atomic mass is 32.2. The largest absolute Gasteiger partial charge is 0.373 e. The number of nitrogens with two attached hydrogens (primary N) is 1. The number of hydrogen-bond acceptors (Lipinski definition) is 3. The van der Waals surface area contributed by atoms with Crippen molar-refractivity contribution in [3.8, 4) is 0 Å². The molecule has 1 saturated carbocycles. The zero-order chi connectivity index (χ0) is 8.51. The minimum Gasteiger partial charge on any atom is -0.373 e. The summed E-state index contributed by atoms with van der Waals surface area (Å²) in [6.07, 6.45) is 1.91. The van der Waals surface area contributed by atoms with Gasteiger partial charge in [0.25, 0.3) is 0 Å². The van der Waals surface area contributed by atoms with Gasteiger partial charge in [-0.1, -0.05) is 0 Å². The highest BCUT2D eigenvalue weighted by Gasteiger charge is 2.64. The van der Waals surface area contributed by atoms with E-state index in [4.69, 9.17) is 9.88 Å². The number of rotatable bonds is 1. The van der Waals surface area contributed by atoms with Crippen molar-refractivity contribution in [1.82, 2.24) is 0 Å². The molecule has 0 aromatic heterocycles. The second kappa shape index (κ2) is 1.86. The molecular weight excluding hydrogens is 178 g/mol. The molecule has 0 aromatic carbocycles. The van der Waals surface area contributed by atoms with Crippen molar-refractivity contribution < 1.29 is 13.2 Å². The van der Waals surface area contributed by atoms with Gasteiger partial charge >= 0.3 is 0 Å². The first-order chi connectivity index (χ1) is 5.57. The summed E-state index contributed by atoms with van der Waals surface area (Å²) in [5.74, 6) is 1.17. The van der Waals surface area contributed by atoms with Crippen molar-refractivity contribution in [2.45, 2.75) is 30.3 Å². The SMILES string of the molecule is NS(=O)(=O)[C@H]1C[C@H]2O[C@H]1[C@@H]1C[C@@H]12. The van der Waals surface area contributed by atoms with Gasteiger partial charge in [-0.2, -0.15) is 0 Å². The maximum absolute atomic E-state index is 11.1. The Kier molecular flexibility index (Phi) is 1.13. The van der Waals surface area contributed by atoms with E-state index < -0.39 is 15.3 Å². The summed E-state index contributed by atoms with van der Waals surface area (Å²) in [7, 11) is -3.36. The number of hydrogen-bond donors (Lipinski definition) is 1. The van der Waals surface area contributed by atoms with Crippen LogP contribution < -0.4 is 5.14 Å². The first-order valence-electron chi connectivity index (χ1n) is 4.24. The molecule has 2 heterocycles. The van der Waals surface area contributed by atoms with Crippen molar-refractivity contribution in [3.63, 3.8) is 0 Å². The van der Waals surface area contributed by atoms with Crippen LogP contribution in [0.5, 0.6) is 0 Å². The quantitative estimate of drug-likeness (QED) is 0.601. The first kappa shape index (κ1) is 7.29. The fraction of sp³-hybridized carbons (Fsp3) is 1.00. The molecule has 1 aliphatic carbocycles. The summed E-state index contributed by atoms with van der Waals surface area (Å²) in [5, 5.41) is 4.69. The van der Waals surface area contributed by atoms with Crippen LogP contribution in [0.4, 0.5) is 0 Å². The van der Waals surface area contributed by atoms with Crippen LogP contribution in [0.15, 0.2) is 0 Å². The highest BCUT2D eigenvalue weighted by molar-refractivity contribution is 7.89. The third-order valence-electron chi connectivity index (χ3n) is 3.38.